The quantitative estimate of drug-likeness (QED) is 0.334. The Balaban J connectivity index is 1.65. The van der Waals surface area contributed by atoms with Crippen molar-refractivity contribution in [2.75, 3.05) is 28.4 Å². The maximum Gasteiger partial charge on any atom is 0.201 e. The van der Waals surface area contributed by atoms with Gasteiger partial charge in [0.2, 0.25) is 5.78 Å². The SMILES string of the molecule is COc1cc(O)c2c(c1)C(=O)c1cc3c(c(O)c1C2=O)[C@H](O[C@@H]1O[C@@H](C)[C@H](OC)[C@@H](O)[C@@H]1OC)[C@@H](OC)[C@](C)(O)C3. The number of hydrogen-bond donors (Lipinski definition) is 4. The van der Waals surface area contributed by atoms with Gasteiger partial charge in [-0.2, -0.15) is 0 Å². The number of methoxy groups -OCH3 is 4. The van der Waals surface area contributed by atoms with Crippen LogP contribution in [-0.2, 0) is 30.1 Å². The number of hydrogen-bond acceptors (Lipinski definition) is 12. The van der Waals surface area contributed by atoms with Crippen molar-refractivity contribution >= 4 is 11.6 Å². The molecule has 0 saturated carbocycles. The molecule has 0 amide bonds. The number of aliphatic hydroxyl groups is 2. The molecule has 0 unspecified atom stereocenters. The van der Waals surface area contributed by atoms with Gasteiger partial charge in [-0.05, 0) is 31.5 Å². The zero-order valence-corrected chi connectivity index (χ0v) is 23.5. The monoisotopic (exact) mass is 574 g/mol. The average molecular weight is 575 g/mol. The summed E-state index contributed by atoms with van der Waals surface area (Å²) in [7, 11) is 5.52. The number of phenolic OH excluding ortho intramolecular Hbond substituents is 2. The Morgan fingerprint density at radius 1 is 0.927 bits per heavy atom. The third kappa shape index (κ3) is 4.50. The Hall–Kier alpha value is -3.10. The summed E-state index contributed by atoms with van der Waals surface area (Å²) in [5.41, 5.74) is -1.84. The molecule has 5 rings (SSSR count). The van der Waals surface area contributed by atoms with Crippen LogP contribution in [0.15, 0.2) is 18.2 Å². The van der Waals surface area contributed by atoms with Crippen LogP contribution in [0, 0.1) is 0 Å². The Morgan fingerprint density at radius 3 is 2.20 bits per heavy atom. The molecule has 8 atom stereocenters. The number of carbonyl (C=O) groups is 2. The molecule has 222 valence electrons. The summed E-state index contributed by atoms with van der Waals surface area (Å²) < 4.78 is 34.0. The molecule has 2 aromatic carbocycles. The van der Waals surface area contributed by atoms with Gasteiger partial charge in [0, 0.05) is 50.5 Å². The standard InChI is InChI=1S/C29H34O12/c1-11-24(37-4)23(34)26(38-5)28(40-11)41-25-17-12(10-29(2,35)27(25)39-6)7-14-19(21(17)32)22(33)18-15(20(14)31)8-13(36-3)9-16(18)30/h7-9,11,23-28,30,32,34-35H,10H2,1-6H3/t11-,23+,24-,25-,26-,27+,28-,29+/m0/s1. The highest BCUT2D eigenvalue weighted by molar-refractivity contribution is 6.30. The van der Waals surface area contributed by atoms with Crippen molar-refractivity contribution in [2.24, 2.45) is 0 Å². The van der Waals surface area contributed by atoms with E-state index in [1.165, 1.54) is 53.6 Å². The van der Waals surface area contributed by atoms with Gasteiger partial charge in [0.15, 0.2) is 12.1 Å². The lowest BCUT2D eigenvalue weighted by atomic mass is 9.73. The van der Waals surface area contributed by atoms with E-state index in [1.54, 1.807) is 6.92 Å². The molecule has 2 aliphatic carbocycles. The van der Waals surface area contributed by atoms with Gasteiger partial charge in [-0.1, -0.05) is 0 Å². The highest BCUT2D eigenvalue weighted by atomic mass is 16.7. The van der Waals surface area contributed by atoms with Crippen LogP contribution in [0.4, 0.5) is 0 Å². The van der Waals surface area contributed by atoms with E-state index in [4.69, 9.17) is 28.4 Å². The predicted molar refractivity (Wildman–Crippen MR) is 141 cm³/mol. The van der Waals surface area contributed by atoms with Crippen LogP contribution in [0.2, 0.25) is 0 Å². The number of rotatable bonds is 6. The molecule has 1 heterocycles. The van der Waals surface area contributed by atoms with Crippen LogP contribution in [0.3, 0.4) is 0 Å². The maximum atomic E-state index is 13.7. The summed E-state index contributed by atoms with van der Waals surface area (Å²) in [5.74, 6) is -2.21. The van der Waals surface area contributed by atoms with Crippen molar-refractivity contribution < 1.29 is 58.4 Å². The van der Waals surface area contributed by atoms with Gasteiger partial charge in [-0.15, -0.1) is 0 Å². The first-order chi connectivity index (χ1) is 19.4. The molecule has 12 heteroatoms. The van der Waals surface area contributed by atoms with Crippen molar-refractivity contribution in [3.63, 3.8) is 0 Å². The fourth-order valence-corrected chi connectivity index (χ4v) is 6.33. The molecule has 1 aliphatic heterocycles. The van der Waals surface area contributed by atoms with Crippen molar-refractivity contribution in [3.05, 3.63) is 51.6 Å². The van der Waals surface area contributed by atoms with E-state index in [2.05, 4.69) is 0 Å². The van der Waals surface area contributed by atoms with Crippen LogP contribution in [0.25, 0.3) is 0 Å². The summed E-state index contributed by atoms with van der Waals surface area (Å²) in [5, 5.41) is 44.6. The van der Waals surface area contributed by atoms with Gasteiger partial charge in [0.05, 0.1) is 29.9 Å². The molecule has 4 N–H and O–H groups in total. The number of aromatic hydroxyl groups is 2. The molecular weight excluding hydrogens is 540 g/mol. The molecule has 0 bridgehead atoms. The predicted octanol–water partition coefficient (Wildman–Crippen LogP) is 1.40. The fraction of sp³-hybridized carbons (Fsp3) is 0.517. The maximum absolute atomic E-state index is 13.7. The minimum absolute atomic E-state index is 0.0523. The van der Waals surface area contributed by atoms with E-state index in [0.29, 0.717) is 5.56 Å². The van der Waals surface area contributed by atoms with Gasteiger partial charge in [0.1, 0.15) is 47.8 Å². The van der Waals surface area contributed by atoms with Crippen LogP contribution in [-0.4, -0.2) is 103 Å². The third-order valence-electron chi connectivity index (χ3n) is 8.25. The lowest BCUT2D eigenvalue weighted by Crippen LogP contribution is -2.60. The minimum atomic E-state index is -1.55. The lowest BCUT2D eigenvalue weighted by Gasteiger charge is -2.47. The molecule has 1 fully saturated rings. The molecule has 2 aromatic rings. The number of ketones is 2. The summed E-state index contributed by atoms with van der Waals surface area (Å²) in [6.07, 6.45) is -7.07. The summed E-state index contributed by atoms with van der Waals surface area (Å²) in [6, 6.07) is 4.00. The van der Waals surface area contributed by atoms with Gasteiger partial charge < -0.3 is 48.8 Å². The lowest BCUT2D eigenvalue weighted by molar-refractivity contribution is -0.325. The van der Waals surface area contributed by atoms with Gasteiger partial charge >= 0.3 is 0 Å². The number of ether oxygens (including phenoxy) is 6. The molecular formula is C29H34O12. The van der Waals surface area contributed by atoms with Gasteiger partial charge in [-0.25, -0.2) is 0 Å². The molecule has 41 heavy (non-hydrogen) atoms. The van der Waals surface area contributed by atoms with Crippen LogP contribution in [0.1, 0.15) is 62.9 Å². The number of benzene rings is 2. The zero-order chi connectivity index (χ0) is 30.0. The molecule has 0 spiro atoms. The molecule has 0 aromatic heterocycles. The third-order valence-corrected chi connectivity index (χ3v) is 8.25. The fourth-order valence-electron chi connectivity index (χ4n) is 6.33. The topological polar surface area (TPSA) is 170 Å². The van der Waals surface area contributed by atoms with E-state index >= 15 is 0 Å². The van der Waals surface area contributed by atoms with Gasteiger partial charge in [0.25, 0.3) is 0 Å². The summed E-state index contributed by atoms with van der Waals surface area (Å²) >= 11 is 0. The van der Waals surface area contributed by atoms with Crippen molar-refractivity contribution in [3.8, 4) is 17.2 Å². The highest BCUT2D eigenvalue weighted by Crippen LogP contribution is 2.49. The zero-order valence-electron chi connectivity index (χ0n) is 23.5. The van der Waals surface area contributed by atoms with Crippen molar-refractivity contribution in [1.29, 1.82) is 0 Å². The Kier molecular flexibility index (Phi) is 7.62. The normalized spacial score (nSPS) is 32.7. The average Bonchev–Trinajstić information content (AvgIpc) is 2.90. The molecule has 3 aliphatic rings. The second-order valence-electron chi connectivity index (χ2n) is 10.8. The van der Waals surface area contributed by atoms with Crippen molar-refractivity contribution in [1.82, 2.24) is 0 Å². The Bertz CT molecular complexity index is 1380. The van der Waals surface area contributed by atoms with Crippen molar-refractivity contribution in [2.45, 2.75) is 68.8 Å². The molecule has 12 nitrogen and oxygen atoms in total. The van der Waals surface area contributed by atoms with Crippen LogP contribution >= 0.6 is 0 Å². The van der Waals surface area contributed by atoms with E-state index in [1.807, 2.05) is 0 Å². The van der Waals surface area contributed by atoms with E-state index < -0.39 is 71.6 Å². The smallest absolute Gasteiger partial charge is 0.201 e. The summed E-state index contributed by atoms with van der Waals surface area (Å²) in [4.78, 5) is 27.3. The number of aliphatic hydroxyl groups excluding tert-OH is 1. The number of phenols is 2. The second kappa shape index (κ2) is 10.6. The minimum Gasteiger partial charge on any atom is -0.507 e. The largest absolute Gasteiger partial charge is 0.507 e. The Labute approximate surface area is 236 Å². The first-order valence-corrected chi connectivity index (χ1v) is 13.1. The van der Waals surface area contributed by atoms with Crippen LogP contribution in [0.5, 0.6) is 17.2 Å². The van der Waals surface area contributed by atoms with Crippen LogP contribution < -0.4 is 4.74 Å². The van der Waals surface area contributed by atoms with Gasteiger partial charge in [-0.3, -0.25) is 9.59 Å². The number of carbonyl (C=O) groups excluding carboxylic acids is 2. The summed E-state index contributed by atoms with van der Waals surface area (Å²) in [6.45, 7) is 3.21. The number of fused-ring (bicyclic) bond motifs is 3. The highest BCUT2D eigenvalue weighted by Gasteiger charge is 2.52. The first-order valence-electron chi connectivity index (χ1n) is 13.1. The van der Waals surface area contributed by atoms with E-state index in [-0.39, 0.29) is 40.0 Å². The molecule has 0 radical (unpaired) electrons. The first kappa shape index (κ1) is 29.4. The Morgan fingerprint density at radius 2 is 1.59 bits per heavy atom. The molecule has 1 saturated heterocycles. The second-order valence-corrected chi connectivity index (χ2v) is 10.8. The van der Waals surface area contributed by atoms with E-state index in [9.17, 15) is 30.0 Å². The van der Waals surface area contributed by atoms with E-state index in [0.717, 1.165) is 0 Å².